The first kappa shape index (κ1) is 34.8. The maximum Gasteiger partial charge on any atom is 0.143 e. The second-order valence-electron chi connectivity index (χ2n) is 16.5. The standard InChI is InChI=1S/C57H39NOS/c1-57(2)50-17-9-6-14-44(50)45-30-29-42(35-51(45)57)58(40-25-20-36(21-26-40)39-24-33-54-49(34-39)47-16-8-11-19-53(47)60-54)41-27-22-37(23-28-41)43-31-32-48-46-15-7-10-18-52(46)59-56(48)55(43)38-12-4-3-5-13-38/h3-35H,1-2H3. The molecule has 0 saturated heterocycles. The lowest BCUT2D eigenvalue weighted by molar-refractivity contribution is 0.660. The van der Waals surface area contributed by atoms with E-state index in [1.54, 1.807) is 0 Å². The van der Waals surface area contributed by atoms with Crippen LogP contribution in [-0.2, 0) is 5.41 Å². The third-order valence-corrected chi connectivity index (χ3v) is 13.9. The number of hydrogen-bond donors (Lipinski definition) is 0. The number of hydrogen-bond acceptors (Lipinski definition) is 3. The lowest BCUT2D eigenvalue weighted by Crippen LogP contribution is -2.16. The number of fused-ring (bicyclic) bond motifs is 9. The minimum absolute atomic E-state index is 0.116. The fourth-order valence-corrected chi connectivity index (χ4v) is 10.8. The Kier molecular flexibility index (Phi) is 7.79. The lowest BCUT2D eigenvalue weighted by Gasteiger charge is -2.28. The van der Waals surface area contributed by atoms with Gasteiger partial charge in [0, 0.05) is 59.0 Å². The van der Waals surface area contributed by atoms with E-state index in [9.17, 15) is 0 Å². The van der Waals surface area contributed by atoms with Crippen molar-refractivity contribution in [1.29, 1.82) is 0 Å². The molecule has 0 radical (unpaired) electrons. The van der Waals surface area contributed by atoms with Crippen LogP contribution < -0.4 is 4.90 Å². The normalized spacial score (nSPS) is 13.0. The molecule has 0 aliphatic heterocycles. The summed E-state index contributed by atoms with van der Waals surface area (Å²) in [6, 6.07) is 73.1. The summed E-state index contributed by atoms with van der Waals surface area (Å²) in [6.45, 7) is 4.71. The molecular formula is C57H39NOS. The molecule has 2 aromatic heterocycles. The summed E-state index contributed by atoms with van der Waals surface area (Å²) in [5, 5.41) is 4.90. The Balaban J connectivity index is 0.983. The van der Waals surface area contributed by atoms with Gasteiger partial charge in [-0.05, 0) is 117 Å². The van der Waals surface area contributed by atoms with Crippen LogP contribution in [0.4, 0.5) is 17.1 Å². The maximum atomic E-state index is 6.62. The molecule has 0 spiro atoms. The first-order chi connectivity index (χ1) is 29.5. The Morgan fingerprint density at radius 3 is 1.83 bits per heavy atom. The third kappa shape index (κ3) is 5.40. The number of rotatable bonds is 6. The molecule has 11 aromatic rings. The molecule has 1 aliphatic carbocycles. The van der Waals surface area contributed by atoms with E-state index >= 15 is 0 Å². The quantitative estimate of drug-likeness (QED) is 0.167. The van der Waals surface area contributed by atoms with Gasteiger partial charge in [-0.15, -0.1) is 11.3 Å². The minimum atomic E-state index is -0.116. The second-order valence-corrected chi connectivity index (χ2v) is 17.6. The van der Waals surface area contributed by atoms with Crippen molar-refractivity contribution in [2.75, 3.05) is 4.90 Å². The summed E-state index contributed by atoms with van der Waals surface area (Å²) in [5.41, 5.74) is 17.4. The molecule has 0 saturated carbocycles. The first-order valence-corrected chi connectivity index (χ1v) is 21.5. The van der Waals surface area contributed by atoms with Crippen LogP contribution in [0.5, 0.6) is 0 Å². The fraction of sp³-hybridized carbons (Fsp3) is 0.0526. The summed E-state index contributed by atoms with van der Waals surface area (Å²) in [5.74, 6) is 0. The highest BCUT2D eigenvalue weighted by Crippen LogP contribution is 2.51. The van der Waals surface area contributed by atoms with E-state index in [4.69, 9.17) is 4.42 Å². The van der Waals surface area contributed by atoms with Crippen molar-refractivity contribution >= 4 is 70.5 Å². The SMILES string of the molecule is CC1(C)c2ccccc2-c2ccc(N(c3ccc(-c4ccc5sc6ccccc6c5c4)cc3)c3ccc(-c4ccc5c(oc6ccccc65)c4-c4ccccc4)cc3)cc21. The van der Waals surface area contributed by atoms with Crippen molar-refractivity contribution in [3.63, 3.8) is 0 Å². The summed E-state index contributed by atoms with van der Waals surface area (Å²) in [7, 11) is 0. The topological polar surface area (TPSA) is 16.4 Å². The fourth-order valence-electron chi connectivity index (χ4n) is 9.70. The molecule has 0 amide bonds. The van der Waals surface area contributed by atoms with Gasteiger partial charge in [0.1, 0.15) is 11.2 Å². The van der Waals surface area contributed by atoms with E-state index in [2.05, 4.69) is 213 Å². The summed E-state index contributed by atoms with van der Waals surface area (Å²) in [4.78, 5) is 2.41. The van der Waals surface area contributed by atoms with Crippen LogP contribution in [0.2, 0.25) is 0 Å². The molecular weight excluding hydrogens is 747 g/mol. The zero-order chi connectivity index (χ0) is 40.0. The highest BCUT2D eigenvalue weighted by molar-refractivity contribution is 7.25. The highest BCUT2D eigenvalue weighted by atomic mass is 32.1. The van der Waals surface area contributed by atoms with Crippen molar-refractivity contribution in [3.05, 3.63) is 211 Å². The largest absolute Gasteiger partial charge is 0.455 e. The van der Waals surface area contributed by atoms with Crippen molar-refractivity contribution < 1.29 is 4.42 Å². The van der Waals surface area contributed by atoms with E-state index in [-0.39, 0.29) is 5.41 Å². The molecule has 2 heterocycles. The molecule has 2 nitrogen and oxygen atoms in total. The second kappa shape index (κ2) is 13.4. The average molecular weight is 786 g/mol. The third-order valence-electron chi connectivity index (χ3n) is 12.7. The van der Waals surface area contributed by atoms with Gasteiger partial charge in [-0.3, -0.25) is 0 Å². The molecule has 60 heavy (non-hydrogen) atoms. The van der Waals surface area contributed by atoms with Crippen molar-refractivity contribution in [3.8, 4) is 44.5 Å². The lowest BCUT2D eigenvalue weighted by atomic mass is 9.82. The Morgan fingerprint density at radius 2 is 1.02 bits per heavy atom. The van der Waals surface area contributed by atoms with Crippen LogP contribution in [0.15, 0.2) is 205 Å². The Morgan fingerprint density at radius 1 is 0.400 bits per heavy atom. The van der Waals surface area contributed by atoms with Crippen LogP contribution >= 0.6 is 11.3 Å². The smallest absolute Gasteiger partial charge is 0.143 e. The molecule has 3 heteroatoms. The van der Waals surface area contributed by atoms with E-state index in [0.717, 1.165) is 61.3 Å². The van der Waals surface area contributed by atoms with Crippen molar-refractivity contribution in [2.24, 2.45) is 0 Å². The minimum Gasteiger partial charge on any atom is -0.455 e. The van der Waals surface area contributed by atoms with Crippen LogP contribution in [-0.4, -0.2) is 0 Å². The number of para-hydroxylation sites is 1. The van der Waals surface area contributed by atoms with Gasteiger partial charge in [-0.2, -0.15) is 0 Å². The highest BCUT2D eigenvalue weighted by Gasteiger charge is 2.35. The Labute approximate surface area is 353 Å². The number of anilines is 3. The van der Waals surface area contributed by atoms with Gasteiger partial charge in [0.05, 0.1) is 0 Å². The molecule has 9 aromatic carbocycles. The molecule has 12 rings (SSSR count). The Hall–Kier alpha value is -7.20. The first-order valence-electron chi connectivity index (χ1n) is 20.7. The summed E-state index contributed by atoms with van der Waals surface area (Å²) in [6.07, 6.45) is 0. The predicted molar refractivity (Wildman–Crippen MR) is 255 cm³/mol. The summed E-state index contributed by atoms with van der Waals surface area (Å²) < 4.78 is 9.27. The van der Waals surface area contributed by atoms with Gasteiger partial charge in [-0.1, -0.05) is 147 Å². The van der Waals surface area contributed by atoms with Gasteiger partial charge in [0.25, 0.3) is 0 Å². The molecule has 1 aliphatic rings. The number of thiophene rings is 1. The van der Waals surface area contributed by atoms with E-state index in [1.807, 2.05) is 17.4 Å². The van der Waals surface area contributed by atoms with Crippen LogP contribution in [0, 0.1) is 0 Å². The number of benzene rings is 9. The molecule has 0 bridgehead atoms. The van der Waals surface area contributed by atoms with Crippen LogP contribution in [0.1, 0.15) is 25.0 Å². The predicted octanol–water partition coefficient (Wildman–Crippen LogP) is 16.7. The van der Waals surface area contributed by atoms with E-state index < -0.39 is 0 Å². The van der Waals surface area contributed by atoms with Gasteiger partial charge in [0.2, 0.25) is 0 Å². The molecule has 284 valence electrons. The van der Waals surface area contributed by atoms with Crippen molar-refractivity contribution in [1.82, 2.24) is 0 Å². The zero-order valence-corrected chi connectivity index (χ0v) is 34.1. The summed E-state index contributed by atoms with van der Waals surface area (Å²) >= 11 is 1.86. The number of nitrogens with zero attached hydrogens (tertiary/aromatic N) is 1. The molecule has 0 fully saturated rings. The monoisotopic (exact) mass is 785 g/mol. The van der Waals surface area contributed by atoms with Gasteiger partial charge in [-0.25, -0.2) is 0 Å². The zero-order valence-electron chi connectivity index (χ0n) is 33.3. The van der Waals surface area contributed by atoms with Crippen LogP contribution in [0.25, 0.3) is 86.6 Å². The van der Waals surface area contributed by atoms with E-state index in [0.29, 0.717) is 0 Å². The maximum absolute atomic E-state index is 6.62. The van der Waals surface area contributed by atoms with E-state index in [1.165, 1.54) is 53.6 Å². The molecule has 0 N–H and O–H groups in total. The number of furan rings is 1. The average Bonchev–Trinajstić information content (AvgIpc) is 3.94. The van der Waals surface area contributed by atoms with Gasteiger partial charge < -0.3 is 9.32 Å². The van der Waals surface area contributed by atoms with Gasteiger partial charge >= 0.3 is 0 Å². The van der Waals surface area contributed by atoms with Crippen molar-refractivity contribution in [2.45, 2.75) is 19.3 Å². The Bertz CT molecular complexity index is 3440. The molecule has 0 unspecified atom stereocenters. The van der Waals surface area contributed by atoms with Crippen LogP contribution in [0.3, 0.4) is 0 Å². The molecule has 0 atom stereocenters. The van der Waals surface area contributed by atoms with Gasteiger partial charge in [0.15, 0.2) is 0 Å².